The number of benzene rings is 3. The topological polar surface area (TPSA) is 91.8 Å². The van der Waals surface area contributed by atoms with Gasteiger partial charge in [-0.1, -0.05) is 56.2 Å². The monoisotopic (exact) mass is 565 g/mol. The Bertz CT molecular complexity index is 1580. The van der Waals surface area contributed by atoms with E-state index in [2.05, 4.69) is 5.92 Å². The summed E-state index contributed by atoms with van der Waals surface area (Å²) in [4.78, 5) is -0.181. The number of sulfone groups is 1. The number of rotatable bonds is 7. The van der Waals surface area contributed by atoms with Crippen LogP contribution in [0.2, 0.25) is 0 Å². The Hall–Kier alpha value is -3.33. The standard InChI is InChI=1S/C27H26F3NO5S2/c1-20(2)19-31(38(35,36)24-12-5-4-6-13-24)23-11-8-10-22(18-23)26(32,27(28,29)30)16-15-21-9-7-14-25(17-21)37(3,33)34/h4-14,17-18,20,32H,19H2,1-3H3. The summed E-state index contributed by atoms with van der Waals surface area (Å²) in [5, 5.41) is 10.8. The van der Waals surface area contributed by atoms with Crippen LogP contribution in [0.1, 0.15) is 25.0 Å². The lowest BCUT2D eigenvalue weighted by atomic mass is 9.92. The van der Waals surface area contributed by atoms with E-state index in [1.165, 1.54) is 54.6 Å². The molecule has 0 aliphatic rings. The van der Waals surface area contributed by atoms with E-state index >= 15 is 0 Å². The Morgan fingerprint density at radius 1 is 0.868 bits per heavy atom. The number of hydrogen-bond donors (Lipinski definition) is 1. The first-order chi connectivity index (χ1) is 17.6. The molecule has 0 spiro atoms. The van der Waals surface area contributed by atoms with Gasteiger partial charge >= 0.3 is 6.18 Å². The minimum atomic E-state index is -5.27. The van der Waals surface area contributed by atoms with Crippen LogP contribution in [0, 0.1) is 17.8 Å². The molecule has 202 valence electrons. The molecule has 0 saturated heterocycles. The van der Waals surface area contributed by atoms with Crippen molar-refractivity contribution in [3.63, 3.8) is 0 Å². The molecule has 38 heavy (non-hydrogen) atoms. The Morgan fingerprint density at radius 3 is 2.05 bits per heavy atom. The van der Waals surface area contributed by atoms with Crippen molar-refractivity contribution < 1.29 is 35.1 Å². The molecule has 0 bridgehead atoms. The van der Waals surface area contributed by atoms with Gasteiger partial charge in [0.1, 0.15) is 0 Å². The molecule has 3 aromatic rings. The molecule has 0 aliphatic carbocycles. The first kappa shape index (κ1) is 29.2. The van der Waals surface area contributed by atoms with E-state index in [1.807, 2.05) is 5.92 Å². The second-order valence-electron chi connectivity index (χ2n) is 9.05. The van der Waals surface area contributed by atoms with Gasteiger partial charge in [0.15, 0.2) is 9.84 Å². The maximum Gasteiger partial charge on any atom is 0.433 e. The van der Waals surface area contributed by atoms with Crippen LogP contribution in [0.4, 0.5) is 18.9 Å². The van der Waals surface area contributed by atoms with Gasteiger partial charge in [0.25, 0.3) is 10.0 Å². The fourth-order valence-corrected chi connectivity index (χ4v) is 5.86. The van der Waals surface area contributed by atoms with E-state index in [9.17, 15) is 35.1 Å². The van der Waals surface area contributed by atoms with Gasteiger partial charge in [-0.25, -0.2) is 16.8 Å². The summed E-state index contributed by atoms with van der Waals surface area (Å²) in [6.07, 6.45) is -4.32. The molecule has 0 fully saturated rings. The van der Waals surface area contributed by atoms with Gasteiger partial charge in [-0.3, -0.25) is 4.31 Å². The number of hydrogen-bond acceptors (Lipinski definition) is 5. The zero-order valence-electron chi connectivity index (χ0n) is 20.8. The van der Waals surface area contributed by atoms with Crippen LogP contribution in [-0.4, -0.2) is 40.9 Å². The van der Waals surface area contributed by atoms with Gasteiger partial charge in [-0.05, 0) is 54.3 Å². The van der Waals surface area contributed by atoms with E-state index in [0.29, 0.717) is 0 Å². The third kappa shape index (κ3) is 6.38. The van der Waals surface area contributed by atoms with Gasteiger partial charge in [-0.2, -0.15) is 13.2 Å². The van der Waals surface area contributed by atoms with Crippen LogP contribution in [-0.2, 0) is 25.5 Å². The summed E-state index contributed by atoms with van der Waals surface area (Å²) >= 11 is 0. The highest BCUT2D eigenvalue weighted by Gasteiger charge is 2.54. The minimum Gasteiger partial charge on any atom is -0.366 e. The number of nitrogens with zero attached hydrogens (tertiary/aromatic N) is 1. The molecule has 0 radical (unpaired) electrons. The highest BCUT2D eigenvalue weighted by atomic mass is 32.2. The molecule has 1 N–H and O–H groups in total. The molecule has 1 atom stereocenters. The average Bonchev–Trinajstić information content (AvgIpc) is 2.85. The Morgan fingerprint density at radius 2 is 1.47 bits per heavy atom. The fourth-order valence-electron chi connectivity index (χ4n) is 3.55. The zero-order valence-corrected chi connectivity index (χ0v) is 22.4. The second-order valence-corrected chi connectivity index (χ2v) is 12.9. The van der Waals surface area contributed by atoms with Gasteiger partial charge in [-0.15, -0.1) is 0 Å². The van der Waals surface area contributed by atoms with Gasteiger partial charge in [0.05, 0.1) is 15.5 Å². The molecule has 3 rings (SSSR count). The van der Waals surface area contributed by atoms with Crippen LogP contribution < -0.4 is 4.31 Å². The molecule has 11 heteroatoms. The van der Waals surface area contributed by atoms with Crippen molar-refractivity contribution >= 4 is 25.5 Å². The van der Waals surface area contributed by atoms with Crippen LogP contribution in [0.15, 0.2) is 88.7 Å². The van der Waals surface area contributed by atoms with E-state index < -0.39 is 37.2 Å². The molecule has 6 nitrogen and oxygen atoms in total. The smallest absolute Gasteiger partial charge is 0.366 e. The molecule has 1 unspecified atom stereocenters. The SMILES string of the molecule is CC(C)CN(c1cccc(C(O)(C#Cc2cccc(S(C)(=O)=O)c2)C(F)(F)F)c1)S(=O)(=O)c1ccccc1. The molecule has 3 aromatic carbocycles. The van der Waals surface area contributed by atoms with Crippen molar-refractivity contribution in [1.82, 2.24) is 0 Å². The average molecular weight is 566 g/mol. The third-order valence-corrected chi connectivity index (χ3v) is 8.39. The molecule has 0 heterocycles. The van der Waals surface area contributed by atoms with Crippen LogP contribution >= 0.6 is 0 Å². The van der Waals surface area contributed by atoms with Crippen LogP contribution in [0.5, 0.6) is 0 Å². The van der Waals surface area contributed by atoms with Crippen LogP contribution in [0.25, 0.3) is 0 Å². The van der Waals surface area contributed by atoms with Gasteiger partial charge in [0.2, 0.25) is 5.60 Å². The summed E-state index contributed by atoms with van der Waals surface area (Å²) in [6, 6.07) is 17.0. The van der Waals surface area contributed by atoms with Crippen molar-refractivity contribution in [3.05, 3.63) is 90.0 Å². The first-order valence-corrected chi connectivity index (χ1v) is 14.7. The fraction of sp³-hybridized carbons (Fsp3) is 0.259. The predicted molar refractivity (Wildman–Crippen MR) is 139 cm³/mol. The summed E-state index contributed by atoms with van der Waals surface area (Å²) in [5.74, 6) is 3.89. The lowest BCUT2D eigenvalue weighted by Crippen LogP contribution is -2.41. The molecular formula is C27H26F3NO5S2. The lowest BCUT2D eigenvalue weighted by Gasteiger charge is -2.29. The van der Waals surface area contributed by atoms with Crippen LogP contribution in [0.3, 0.4) is 0 Å². The first-order valence-electron chi connectivity index (χ1n) is 11.4. The maximum atomic E-state index is 14.2. The molecule has 0 aromatic heterocycles. The Kier molecular flexibility index (Phi) is 8.31. The Balaban J connectivity index is 2.15. The summed E-state index contributed by atoms with van der Waals surface area (Å²) < 4.78 is 94.1. The summed E-state index contributed by atoms with van der Waals surface area (Å²) in [6.45, 7) is 3.49. The van der Waals surface area contributed by atoms with E-state index in [0.717, 1.165) is 28.8 Å². The highest BCUT2D eigenvalue weighted by Crippen LogP contribution is 2.40. The van der Waals surface area contributed by atoms with Crippen molar-refractivity contribution in [2.45, 2.75) is 35.4 Å². The largest absolute Gasteiger partial charge is 0.433 e. The van der Waals surface area contributed by atoms with E-state index in [4.69, 9.17) is 0 Å². The van der Waals surface area contributed by atoms with Gasteiger partial charge in [0, 0.05) is 23.9 Å². The Labute approximate surface area is 220 Å². The van der Waals surface area contributed by atoms with Crippen molar-refractivity contribution in [1.29, 1.82) is 0 Å². The summed E-state index contributed by atoms with van der Waals surface area (Å²) in [5.41, 5.74) is -4.50. The lowest BCUT2D eigenvalue weighted by molar-refractivity contribution is -0.240. The van der Waals surface area contributed by atoms with E-state index in [1.54, 1.807) is 19.9 Å². The third-order valence-electron chi connectivity index (χ3n) is 5.47. The molecular weight excluding hydrogens is 539 g/mol. The molecule has 0 amide bonds. The zero-order chi connectivity index (χ0) is 28.4. The molecule has 0 saturated carbocycles. The van der Waals surface area contributed by atoms with Crippen molar-refractivity contribution in [2.24, 2.45) is 5.92 Å². The summed E-state index contributed by atoms with van der Waals surface area (Å²) in [7, 11) is -7.78. The number of aliphatic hydroxyl groups is 1. The van der Waals surface area contributed by atoms with Crippen molar-refractivity contribution in [2.75, 3.05) is 17.1 Å². The predicted octanol–water partition coefficient (Wildman–Crippen LogP) is 4.74. The highest BCUT2D eigenvalue weighted by molar-refractivity contribution is 7.92. The molecule has 0 aliphatic heterocycles. The number of anilines is 1. The normalized spacial score (nSPS) is 13.9. The second kappa shape index (κ2) is 10.8. The number of halogens is 3. The van der Waals surface area contributed by atoms with E-state index in [-0.39, 0.29) is 33.5 Å². The minimum absolute atomic E-state index is 0.0326. The number of sulfonamides is 1. The quantitative estimate of drug-likeness (QED) is 0.418. The maximum absolute atomic E-state index is 14.2. The van der Waals surface area contributed by atoms with Crippen molar-refractivity contribution in [3.8, 4) is 11.8 Å². The van der Waals surface area contributed by atoms with Gasteiger partial charge < -0.3 is 5.11 Å². The number of alkyl halides is 3.